The second-order valence-corrected chi connectivity index (χ2v) is 12.3. The van der Waals surface area contributed by atoms with Crippen LogP contribution in [0.3, 0.4) is 0 Å². The average molecular weight is 346 g/mol. The quantitative estimate of drug-likeness (QED) is 0.345. The number of hydrogen-bond acceptors (Lipinski definition) is 6. The molecule has 0 aliphatic carbocycles. The Labute approximate surface area is 140 Å². The van der Waals surface area contributed by atoms with E-state index in [1.165, 1.54) is 0 Å². The second-order valence-electron chi connectivity index (χ2n) is 7.57. The number of carbonyl (C=O) groups excluding carboxylic acids is 2. The van der Waals surface area contributed by atoms with Crippen molar-refractivity contribution in [3.05, 3.63) is 0 Å². The van der Waals surface area contributed by atoms with Gasteiger partial charge in [0.1, 0.15) is 6.04 Å². The molecule has 0 aromatic heterocycles. The first-order chi connectivity index (χ1) is 10.6. The molecule has 1 aliphatic heterocycles. The summed E-state index contributed by atoms with van der Waals surface area (Å²) < 4.78 is 15.8. The highest BCUT2D eigenvalue weighted by Crippen LogP contribution is 2.38. The zero-order valence-corrected chi connectivity index (χ0v) is 16.2. The lowest BCUT2D eigenvalue weighted by molar-refractivity contribution is -0.142. The topological polar surface area (TPSA) is 73.9 Å². The van der Waals surface area contributed by atoms with Gasteiger partial charge in [-0.25, -0.2) is 9.59 Å². The van der Waals surface area contributed by atoms with E-state index in [2.05, 4.69) is 39.2 Å². The first-order valence-electron chi connectivity index (χ1n) is 8.36. The Hall–Kier alpha value is -0.923. The van der Waals surface area contributed by atoms with Crippen LogP contribution in [0.4, 0.5) is 4.79 Å². The molecule has 1 N–H and O–H groups in total. The van der Waals surface area contributed by atoms with E-state index < -0.39 is 26.5 Å². The molecule has 6 nitrogen and oxygen atoms in total. The molecule has 1 fully saturated rings. The van der Waals surface area contributed by atoms with Crippen LogP contribution in [-0.4, -0.2) is 45.7 Å². The molecule has 0 radical (unpaired) electrons. The average Bonchev–Trinajstić information content (AvgIpc) is 2.85. The molecule has 1 unspecified atom stereocenters. The molecule has 23 heavy (non-hydrogen) atoms. The van der Waals surface area contributed by atoms with Crippen LogP contribution in [-0.2, 0) is 18.7 Å². The highest BCUT2D eigenvalue weighted by molar-refractivity contribution is 6.74. The molecule has 0 aromatic rings. The summed E-state index contributed by atoms with van der Waals surface area (Å²) in [6, 6.07) is -0.511. The molecule has 1 saturated heterocycles. The van der Waals surface area contributed by atoms with E-state index in [4.69, 9.17) is 13.9 Å². The lowest BCUT2D eigenvalue weighted by Gasteiger charge is -2.38. The lowest BCUT2D eigenvalue weighted by atomic mass is 10.2. The van der Waals surface area contributed by atoms with Crippen LogP contribution in [0.1, 0.15) is 47.0 Å². The van der Waals surface area contributed by atoms with Crippen molar-refractivity contribution < 1.29 is 23.5 Å². The first kappa shape index (κ1) is 20.1. The molecule has 0 spiro atoms. The minimum atomic E-state index is -1.87. The van der Waals surface area contributed by atoms with Crippen LogP contribution < -0.4 is 5.32 Å². The van der Waals surface area contributed by atoms with Gasteiger partial charge in [0, 0.05) is 6.54 Å². The highest BCUT2D eigenvalue weighted by Gasteiger charge is 2.42. The van der Waals surface area contributed by atoms with E-state index >= 15 is 0 Å². The number of rotatable bonds is 6. The van der Waals surface area contributed by atoms with Crippen LogP contribution in [0.15, 0.2) is 0 Å². The summed E-state index contributed by atoms with van der Waals surface area (Å²) in [6.45, 7) is 13.8. The number of nitrogens with one attached hydrogen (secondary N) is 1. The molecule has 0 bridgehead atoms. The summed E-state index contributed by atoms with van der Waals surface area (Å²) in [5, 5.41) is 3.19. The van der Waals surface area contributed by atoms with Gasteiger partial charge in [-0.1, -0.05) is 34.1 Å². The molecule has 0 amide bonds. The van der Waals surface area contributed by atoms with Gasteiger partial charge in [0.25, 0.3) is 0 Å². The van der Waals surface area contributed by atoms with Crippen LogP contribution in [0, 0.1) is 0 Å². The van der Waals surface area contributed by atoms with Crippen LogP contribution in [0.5, 0.6) is 0 Å². The van der Waals surface area contributed by atoms with E-state index in [9.17, 15) is 9.59 Å². The zero-order valence-electron chi connectivity index (χ0n) is 15.2. The van der Waals surface area contributed by atoms with Gasteiger partial charge < -0.3 is 19.2 Å². The number of hydrogen-bond donors (Lipinski definition) is 1. The Morgan fingerprint density at radius 2 is 1.91 bits per heavy atom. The number of ether oxygens (including phenoxy) is 2. The van der Waals surface area contributed by atoms with Crippen molar-refractivity contribution in [2.45, 2.75) is 77.2 Å². The maximum absolute atomic E-state index is 12.0. The van der Waals surface area contributed by atoms with Crippen molar-refractivity contribution in [1.82, 2.24) is 5.32 Å². The van der Waals surface area contributed by atoms with Gasteiger partial charge >= 0.3 is 12.1 Å². The summed E-state index contributed by atoms with van der Waals surface area (Å²) in [7, 11) is -1.87. The standard InChI is InChI=1S/C16H31NO5Si/c1-7-8-9-20-15(19)21-14(18)13-10-12(11-17-13)22-23(5,6)16(2,3)4/h12-13,17H,7-11H2,1-6H3/t12?,13-/m0/s1. The molecule has 0 aromatic carbocycles. The third kappa shape index (κ3) is 6.23. The fourth-order valence-corrected chi connectivity index (χ4v) is 3.42. The summed E-state index contributed by atoms with van der Waals surface area (Å²) in [5.74, 6) is -0.590. The van der Waals surface area contributed by atoms with Crippen LogP contribution in [0.25, 0.3) is 0 Å². The van der Waals surface area contributed by atoms with Crippen LogP contribution >= 0.6 is 0 Å². The highest BCUT2D eigenvalue weighted by atomic mass is 28.4. The number of carbonyl (C=O) groups is 2. The largest absolute Gasteiger partial charge is 0.516 e. The summed E-state index contributed by atoms with van der Waals surface area (Å²) in [6.07, 6.45) is 1.25. The third-order valence-electron chi connectivity index (χ3n) is 4.54. The molecule has 2 atom stereocenters. The Balaban J connectivity index is 2.42. The summed E-state index contributed by atoms with van der Waals surface area (Å²) in [5.41, 5.74) is 0. The van der Waals surface area contributed by atoms with Gasteiger partial charge in [-0.2, -0.15) is 0 Å². The second kappa shape index (κ2) is 8.26. The van der Waals surface area contributed by atoms with Gasteiger partial charge in [-0.3, -0.25) is 0 Å². The van der Waals surface area contributed by atoms with Gasteiger partial charge in [0.2, 0.25) is 0 Å². The van der Waals surface area contributed by atoms with E-state index in [0.717, 1.165) is 12.8 Å². The normalized spacial score (nSPS) is 22.0. The first-order valence-corrected chi connectivity index (χ1v) is 11.3. The minimum absolute atomic E-state index is 0.0236. The predicted octanol–water partition coefficient (Wildman–Crippen LogP) is 3.22. The zero-order chi connectivity index (χ0) is 17.7. The van der Waals surface area contributed by atoms with Crippen molar-refractivity contribution >= 4 is 20.4 Å². The van der Waals surface area contributed by atoms with E-state index in [0.29, 0.717) is 13.0 Å². The van der Waals surface area contributed by atoms with Gasteiger partial charge in [-0.05, 0) is 31.0 Å². The van der Waals surface area contributed by atoms with Crippen molar-refractivity contribution in [3.8, 4) is 0 Å². The Morgan fingerprint density at radius 3 is 2.48 bits per heavy atom. The minimum Gasteiger partial charge on any atom is -0.434 e. The molecule has 134 valence electrons. The molecule has 1 aliphatic rings. The van der Waals surface area contributed by atoms with E-state index in [-0.39, 0.29) is 17.7 Å². The van der Waals surface area contributed by atoms with Crippen molar-refractivity contribution in [3.63, 3.8) is 0 Å². The predicted molar refractivity (Wildman–Crippen MR) is 90.8 cm³/mol. The maximum Gasteiger partial charge on any atom is 0.516 e. The molecular formula is C16H31NO5Si. The molecule has 7 heteroatoms. The van der Waals surface area contributed by atoms with E-state index in [1.807, 2.05) is 6.92 Å². The van der Waals surface area contributed by atoms with Gasteiger partial charge in [0.15, 0.2) is 8.32 Å². The fraction of sp³-hybridized carbons (Fsp3) is 0.875. The van der Waals surface area contributed by atoms with Gasteiger partial charge in [0.05, 0.1) is 12.7 Å². The number of esters is 1. The van der Waals surface area contributed by atoms with Crippen molar-refractivity contribution in [2.75, 3.05) is 13.2 Å². The number of unbranched alkanes of at least 4 members (excludes halogenated alkanes) is 1. The Kier molecular flexibility index (Phi) is 7.22. The Bertz CT molecular complexity index is 419. The maximum atomic E-state index is 12.0. The fourth-order valence-electron chi connectivity index (χ4n) is 2.05. The summed E-state index contributed by atoms with van der Waals surface area (Å²) >= 11 is 0. The molecule has 1 rings (SSSR count). The molecule has 1 heterocycles. The van der Waals surface area contributed by atoms with Crippen LogP contribution in [0.2, 0.25) is 18.1 Å². The Morgan fingerprint density at radius 1 is 1.26 bits per heavy atom. The van der Waals surface area contributed by atoms with Crippen molar-refractivity contribution in [2.24, 2.45) is 0 Å². The third-order valence-corrected chi connectivity index (χ3v) is 9.08. The summed E-state index contributed by atoms with van der Waals surface area (Å²) in [4.78, 5) is 23.4. The lowest BCUT2D eigenvalue weighted by Crippen LogP contribution is -2.44. The van der Waals surface area contributed by atoms with Gasteiger partial charge in [-0.15, -0.1) is 0 Å². The molecule has 0 saturated carbocycles. The SMILES string of the molecule is CCCCOC(=O)OC(=O)[C@@H]1CC(O[Si](C)(C)C(C)(C)C)CN1. The smallest absolute Gasteiger partial charge is 0.434 e. The molecular weight excluding hydrogens is 314 g/mol. The van der Waals surface area contributed by atoms with E-state index in [1.54, 1.807) is 0 Å². The van der Waals surface area contributed by atoms with Crippen molar-refractivity contribution in [1.29, 1.82) is 0 Å². The monoisotopic (exact) mass is 345 g/mol.